The predicted molar refractivity (Wildman–Crippen MR) is 175 cm³/mol. The molecule has 0 bridgehead atoms. The number of urea groups is 1. The van der Waals surface area contributed by atoms with Crippen LogP contribution in [0.5, 0.6) is 0 Å². The first-order valence-electron chi connectivity index (χ1n) is 15.6. The van der Waals surface area contributed by atoms with Gasteiger partial charge >= 0.3 is 6.03 Å². The lowest BCUT2D eigenvalue weighted by Gasteiger charge is -2.29. The fourth-order valence-electron chi connectivity index (χ4n) is 5.54. The van der Waals surface area contributed by atoms with Crippen LogP contribution in [0, 0.1) is 5.82 Å². The summed E-state index contributed by atoms with van der Waals surface area (Å²) in [5, 5.41) is 30.3. The van der Waals surface area contributed by atoms with Crippen LogP contribution >= 0.6 is 0 Å². The molecular formula is C35H44FN5O5. The molecule has 0 aliphatic carbocycles. The van der Waals surface area contributed by atoms with Gasteiger partial charge in [-0.15, -0.1) is 0 Å². The third-order valence-electron chi connectivity index (χ3n) is 7.96. The molecule has 1 aliphatic heterocycles. The van der Waals surface area contributed by atoms with Gasteiger partial charge in [-0.1, -0.05) is 48.5 Å². The van der Waals surface area contributed by atoms with Crippen molar-refractivity contribution in [2.24, 2.45) is 0 Å². The van der Waals surface area contributed by atoms with Gasteiger partial charge in [0.25, 0.3) is 0 Å². The van der Waals surface area contributed by atoms with Gasteiger partial charge in [-0.05, 0) is 79.6 Å². The van der Waals surface area contributed by atoms with Gasteiger partial charge in [-0.25, -0.2) is 9.18 Å². The Morgan fingerprint density at radius 2 is 1.80 bits per heavy atom. The molecule has 10 nitrogen and oxygen atoms in total. The second-order valence-corrected chi connectivity index (χ2v) is 12.2. The first kappa shape index (κ1) is 34.6. The van der Waals surface area contributed by atoms with Crippen molar-refractivity contribution in [3.8, 4) is 11.1 Å². The van der Waals surface area contributed by atoms with Crippen molar-refractivity contribution in [2.75, 3.05) is 24.6 Å². The number of benzene rings is 3. The molecule has 0 saturated carbocycles. The average Bonchev–Trinajstić information content (AvgIpc) is 3.15. The Bertz CT molecular complexity index is 1510. The molecule has 2 atom stereocenters. The molecule has 3 aromatic carbocycles. The van der Waals surface area contributed by atoms with Gasteiger partial charge in [-0.2, -0.15) is 0 Å². The van der Waals surface area contributed by atoms with Gasteiger partial charge < -0.3 is 36.4 Å². The summed E-state index contributed by atoms with van der Waals surface area (Å²) in [6, 6.07) is 19.0. The number of nitrogens with one attached hydrogen (secondary N) is 4. The number of fused-ring (bicyclic) bond motifs is 1. The Morgan fingerprint density at radius 3 is 2.52 bits per heavy atom. The molecule has 0 saturated heterocycles. The minimum absolute atomic E-state index is 0.0399. The zero-order valence-electron chi connectivity index (χ0n) is 26.6. The molecule has 0 aromatic heterocycles. The van der Waals surface area contributed by atoms with E-state index in [1.165, 1.54) is 12.1 Å². The second-order valence-electron chi connectivity index (χ2n) is 12.2. The number of aryl methyl sites for hydroxylation is 1. The molecule has 6 N–H and O–H groups in total. The van der Waals surface area contributed by atoms with Crippen molar-refractivity contribution in [1.29, 1.82) is 0 Å². The zero-order valence-corrected chi connectivity index (χ0v) is 26.6. The van der Waals surface area contributed by atoms with Crippen LogP contribution in [0.4, 0.5) is 14.9 Å². The number of carbonyl (C=O) groups is 3. The number of nitrogens with zero attached hydrogens (tertiary/aromatic N) is 1. The number of aliphatic hydroxyl groups is 2. The van der Waals surface area contributed by atoms with Gasteiger partial charge in [0, 0.05) is 37.3 Å². The molecule has 0 fully saturated rings. The van der Waals surface area contributed by atoms with E-state index in [-0.39, 0.29) is 37.4 Å². The van der Waals surface area contributed by atoms with Gasteiger partial charge in [0.05, 0.1) is 19.3 Å². The summed E-state index contributed by atoms with van der Waals surface area (Å²) in [7, 11) is 0. The highest BCUT2D eigenvalue weighted by Crippen LogP contribution is 2.31. The highest BCUT2D eigenvalue weighted by atomic mass is 19.1. The lowest BCUT2D eigenvalue weighted by Crippen LogP contribution is -2.51. The lowest BCUT2D eigenvalue weighted by atomic mass is 9.98. The Hall–Kier alpha value is -4.32. The van der Waals surface area contributed by atoms with E-state index in [2.05, 4.69) is 21.3 Å². The van der Waals surface area contributed by atoms with Crippen LogP contribution in [0.1, 0.15) is 50.3 Å². The normalized spacial score (nSPS) is 15.5. The first-order valence-corrected chi connectivity index (χ1v) is 15.6. The van der Waals surface area contributed by atoms with Crippen molar-refractivity contribution < 1.29 is 29.0 Å². The Labute approximate surface area is 269 Å². The number of anilines is 1. The summed E-state index contributed by atoms with van der Waals surface area (Å²) in [5.74, 6) is -1.02. The monoisotopic (exact) mass is 633 g/mol. The average molecular weight is 634 g/mol. The van der Waals surface area contributed by atoms with Crippen molar-refractivity contribution in [3.63, 3.8) is 0 Å². The van der Waals surface area contributed by atoms with Crippen LogP contribution in [-0.4, -0.2) is 65.4 Å². The summed E-state index contributed by atoms with van der Waals surface area (Å²) < 4.78 is 14.3. The standard InChI is InChI=1S/C35H44FN5O5/c1-4-37-34(46)38-19-26-7-5-6-8-29(26)24-11-9-23(10-12-24)21-41-31-16-14-27(36)17-25(31)13-15-30(33(41)45)40-32(44)18-35(2,3)39-20-28(43)22-42/h5-12,14,16-17,28,30,39,42-43H,4,13,15,18-22H2,1-3H3,(H,40,44)(H2,37,38,46)/t28-,30+/m0/s1. The molecule has 46 heavy (non-hydrogen) atoms. The zero-order chi connectivity index (χ0) is 33.3. The summed E-state index contributed by atoms with van der Waals surface area (Å²) in [6.45, 7) is 6.31. The third kappa shape index (κ3) is 9.35. The van der Waals surface area contributed by atoms with Crippen molar-refractivity contribution in [3.05, 3.63) is 89.2 Å². The minimum atomic E-state index is -0.946. The van der Waals surface area contributed by atoms with Gasteiger partial charge in [0.2, 0.25) is 11.8 Å². The van der Waals surface area contributed by atoms with E-state index in [0.29, 0.717) is 37.2 Å². The van der Waals surface area contributed by atoms with E-state index < -0.39 is 30.1 Å². The van der Waals surface area contributed by atoms with E-state index in [4.69, 9.17) is 5.11 Å². The third-order valence-corrected chi connectivity index (χ3v) is 7.96. The number of aliphatic hydroxyl groups excluding tert-OH is 2. The molecule has 3 aromatic rings. The van der Waals surface area contributed by atoms with E-state index in [9.17, 15) is 23.9 Å². The minimum Gasteiger partial charge on any atom is -0.394 e. The fourth-order valence-corrected chi connectivity index (χ4v) is 5.54. The number of hydrogen-bond acceptors (Lipinski definition) is 6. The number of carbonyl (C=O) groups excluding carboxylic acids is 3. The van der Waals surface area contributed by atoms with Gasteiger partial charge in [0.15, 0.2) is 0 Å². The molecule has 4 amide bonds. The lowest BCUT2D eigenvalue weighted by molar-refractivity contribution is -0.128. The Morgan fingerprint density at radius 1 is 1.07 bits per heavy atom. The molecule has 0 unspecified atom stereocenters. The van der Waals surface area contributed by atoms with Crippen LogP contribution < -0.4 is 26.2 Å². The maximum absolute atomic E-state index is 14.3. The van der Waals surface area contributed by atoms with Crippen LogP contribution in [0.3, 0.4) is 0 Å². The fraction of sp³-hybridized carbons (Fsp3) is 0.400. The number of rotatable bonds is 13. The van der Waals surface area contributed by atoms with Crippen LogP contribution in [0.25, 0.3) is 11.1 Å². The smallest absolute Gasteiger partial charge is 0.315 e. The number of β-amino-alcohol motifs (C(OH)–C–C–N with tert-alkyl or cyclic N) is 1. The van der Waals surface area contributed by atoms with E-state index >= 15 is 0 Å². The SMILES string of the molecule is CCNC(=O)NCc1ccccc1-c1ccc(CN2C(=O)[C@H](NC(=O)CC(C)(C)NC[C@H](O)CO)CCc3cc(F)ccc32)cc1. The summed E-state index contributed by atoms with van der Waals surface area (Å²) in [4.78, 5) is 40.6. The van der Waals surface area contributed by atoms with E-state index in [0.717, 1.165) is 22.3 Å². The number of halogens is 1. The molecule has 4 rings (SSSR count). The summed E-state index contributed by atoms with van der Waals surface area (Å²) in [6.07, 6.45) is -0.185. The van der Waals surface area contributed by atoms with Crippen molar-refractivity contribution in [2.45, 2.75) is 70.8 Å². The second kappa shape index (κ2) is 15.8. The van der Waals surface area contributed by atoms with Crippen LogP contribution in [-0.2, 0) is 29.1 Å². The van der Waals surface area contributed by atoms with Crippen molar-refractivity contribution in [1.82, 2.24) is 21.3 Å². The molecule has 246 valence electrons. The van der Waals surface area contributed by atoms with Crippen LogP contribution in [0.2, 0.25) is 0 Å². The molecule has 11 heteroatoms. The van der Waals surface area contributed by atoms with Crippen LogP contribution in [0.15, 0.2) is 66.7 Å². The van der Waals surface area contributed by atoms with Gasteiger partial charge in [-0.3, -0.25) is 9.59 Å². The van der Waals surface area contributed by atoms with E-state index in [1.54, 1.807) is 24.8 Å². The summed E-state index contributed by atoms with van der Waals surface area (Å²) >= 11 is 0. The van der Waals surface area contributed by atoms with Gasteiger partial charge in [0.1, 0.15) is 11.9 Å². The molecule has 1 heterocycles. The quantitative estimate of drug-likeness (QED) is 0.170. The number of hydrogen-bond donors (Lipinski definition) is 6. The molecule has 0 spiro atoms. The number of amides is 4. The predicted octanol–water partition coefficient (Wildman–Crippen LogP) is 3.39. The maximum atomic E-state index is 14.3. The largest absolute Gasteiger partial charge is 0.394 e. The Kier molecular flexibility index (Phi) is 11.9. The topological polar surface area (TPSA) is 143 Å². The maximum Gasteiger partial charge on any atom is 0.315 e. The first-order chi connectivity index (χ1) is 22.0. The highest BCUT2D eigenvalue weighted by Gasteiger charge is 2.33. The van der Waals surface area contributed by atoms with Crippen molar-refractivity contribution >= 4 is 23.5 Å². The van der Waals surface area contributed by atoms with E-state index in [1.807, 2.05) is 55.5 Å². The summed E-state index contributed by atoms with van der Waals surface area (Å²) in [5.41, 5.74) is 4.34. The Balaban J connectivity index is 1.51. The highest BCUT2D eigenvalue weighted by molar-refractivity contribution is 6.00. The molecular weight excluding hydrogens is 589 g/mol. The molecule has 1 aliphatic rings. The molecule has 0 radical (unpaired) electrons.